The fourth-order valence-electron chi connectivity index (χ4n) is 4.96. The average molecular weight is 454 g/mol. The van der Waals surface area contributed by atoms with Gasteiger partial charge in [0.15, 0.2) is 16.5 Å². The van der Waals surface area contributed by atoms with E-state index in [4.69, 9.17) is 10.7 Å². The Labute approximate surface area is 187 Å². The maximum atomic E-state index is 14.7. The minimum atomic E-state index is -0.559. The van der Waals surface area contributed by atoms with Crippen molar-refractivity contribution in [3.63, 3.8) is 0 Å². The van der Waals surface area contributed by atoms with E-state index < -0.39 is 11.4 Å². The van der Waals surface area contributed by atoms with E-state index in [2.05, 4.69) is 19.4 Å². The van der Waals surface area contributed by atoms with Gasteiger partial charge in [0, 0.05) is 24.2 Å². The molecule has 0 spiro atoms. The van der Waals surface area contributed by atoms with Gasteiger partial charge < -0.3 is 10.6 Å². The lowest BCUT2D eigenvalue weighted by molar-refractivity contribution is 0.544. The zero-order valence-corrected chi connectivity index (χ0v) is 18.4. The van der Waals surface area contributed by atoms with Crippen molar-refractivity contribution in [1.82, 2.24) is 24.0 Å². The highest BCUT2D eigenvalue weighted by molar-refractivity contribution is 7.09. The molecule has 0 radical (unpaired) electrons. The van der Waals surface area contributed by atoms with Crippen molar-refractivity contribution in [1.29, 1.82) is 0 Å². The van der Waals surface area contributed by atoms with Gasteiger partial charge in [-0.05, 0) is 54.6 Å². The number of nitrogen functional groups attached to an aromatic ring is 1. The molecule has 1 saturated heterocycles. The largest absolute Gasteiger partial charge is 0.382 e. The number of aromatic nitrogens is 5. The monoisotopic (exact) mass is 453 g/mol. The molecule has 1 aliphatic heterocycles. The van der Waals surface area contributed by atoms with E-state index in [9.17, 15) is 8.78 Å². The third kappa shape index (κ3) is 2.68. The molecule has 1 saturated carbocycles. The molecular weight excluding hydrogens is 432 g/mol. The summed E-state index contributed by atoms with van der Waals surface area (Å²) in [7, 11) is 0. The highest BCUT2D eigenvalue weighted by Crippen LogP contribution is 2.63. The van der Waals surface area contributed by atoms with E-state index in [0.29, 0.717) is 33.4 Å². The fraction of sp³-hybridized carbons (Fsp3) is 0.364. The second kappa shape index (κ2) is 6.68. The molecule has 2 N–H and O–H groups in total. The van der Waals surface area contributed by atoms with E-state index in [1.165, 1.54) is 23.7 Å². The highest BCUT2D eigenvalue weighted by atomic mass is 32.1. The fourth-order valence-corrected chi connectivity index (χ4v) is 5.81. The number of piperidine rings is 1. The molecule has 0 bridgehead atoms. The first-order chi connectivity index (χ1) is 15.4. The van der Waals surface area contributed by atoms with Crippen LogP contribution in [0.2, 0.25) is 0 Å². The van der Waals surface area contributed by atoms with Crippen molar-refractivity contribution in [3.05, 3.63) is 53.5 Å². The Morgan fingerprint density at radius 2 is 2.06 bits per heavy atom. The van der Waals surface area contributed by atoms with Crippen LogP contribution in [0.5, 0.6) is 0 Å². The van der Waals surface area contributed by atoms with Gasteiger partial charge in [-0.2, -0.15) is 4.37 Å². The Morgan fingerprint density at radius 3 is 2.81 bits per heavy atom. The summed E-state index contributed by atoms with van der Waals surface area (Å²) < 4.78 is 34.8. The van der Waals surface area contributed by atoms with Gasteiger partial charge in [-0.15, -0.1) is 5.10 Å². The van der Waals surface area contributed by atoms with Gasteiger partial charge >= 0.3 is 0 Å². The van der Waals surface area contributed by atoms with Crippen molar-refractivity contribution < 1.29 is 8.78 Å². The molecule has 2 fully saturated rings. The highest BCUT2D eigenvalue weighted by Gasteiger charge is 2.64. The minimum Gasteiger partial charge on any atom is -0.382 e. The van der Waals surface area contributed by atoms with Crippen LogP contribution in [0.25, 0.3) is 16.2 Å². The average Bonchev–Trinajstić information content (AvgIpc) is 3.09. The number of hydrogen-bond acceptors (Lipinski definition) is 7. The predicted octanol–water partition coefficient (Wildman–Crippen LogP) is 4.36. The number of fused-ring (bicyclic) bond motifs is 2. The maximum absolute atomic E-state index is 14.7. The van der Waals surface area contributed by atoms with Crippen LogP contribution in [-0.4, -0.2) is 30.5 Å². The normalized spacial score (nSPS) is 22.2. The van der Waals surface area contributed by atoms with E-state index in [1.807, 2.05) is 19.9 Å². The molecule has 4 heterocycles. The summed E-state index contributed by atoms with van der Waals surface area (Å²) in [6.45, 7) is 4.79. The van der Waals surface area contributed by atoms with Gasteiger partial charge in [0.1, 0.15) is 28.8 Å². The van der Waals surface area contributed by atoms with Gasteiger partial charge in [-0.3, -0.25) is 0 Å². The Kier molecular flexibility index (Phi) is 4.08. The molecule has 3 aromatic heterocycles. The zero-order chi connectivity index (χ0) is 22.2. The molecule has 4 aromatic rings. The number of nitrogens with two attached hydrogens (primary N) is 1. The number of nitrogens with zero attached hydrogens (tertiary/aromatic N) is 6. The quantitative estimate of drug-likeness (QED) is 0.494. The van der Waals surface area contributed by atoms with E-state index in [0.717, 1.165) is 31.3 Å². The second-order valence-electron chi connectivity index (χ2n) is 8.82. The lowest BCUT2D eigenvalue weighted by atomic mass is 10.0. The first-order valence-corrected chi connectivity index (χ1v) is 11.4. The summed E-state index contributed by atoms with van der Waals surface area (Å²) in [4.78, 5) is 11.6. The van der Waals surface area contributed by atoms with Gasteiger partial charge in [0.25, 0.3) is 0 Å². The summed E-state index contributed by atoms with van der Waals surface area (Å²) in [5, 5.41) is 5.05. The molecule has 32 heavy (non-hydrogen) atoms. The molecule has 6 rings (SSSR count). The Bertz CT molecular complexity index is 1360. The van der Waals surface area contributed by atoms with Gasteiger partial charge in [0.2, 0.25) is 0 Å². The lowest BCUT2D eigenvalue weighted by Crippen LogP contribution is -2.34. The summed E-state index contributed by atoms with van der Waals surface area (Å²) in [6, 6.07) is 5.54. The Balaban J connectivity index is 1.47. The molecular formula is C22H21F2N7S. The molecule has 10 heteroatoms. The number of rotatable bonds is 4. The first kappa shape index (κ1) is 19.5. The lowest BCUT2D eigenvalue weighted by Gasteiger charge is -2.30. The van der Waals surface area contributed by atoms with Crippen LogP contribution in [0.3, 0.4) is 0 Å². The molecule has 164 valence electrons. The van der Waals surface area contributed by atoms with Crippen LogP contribution in [0, 0.1) is 17.6 Å². The topological polar surface area (TPSA) is 85.2 Å². The second-order valence-corrected chi connectivity index (χ2v) is 9.57. The van der Waals surface area contributed by atoms with Crippen molar-refractivity contribution in [2.24, 2.45) is 5.92 Å². The number of benzene rings is 1. The SMILES string of the molecule is CC(C)c1nsc(-c2c(N)nn3ccc(N4CC[C@H]5C[C@]54c4cc(F)ccc4F)nc23)n1. The molecule has 0 amide bonds. The Hall–Kier alpha value is -3.14. The molecule has 2 atom stereocenters. The number of anilines is 2. The van der Waals surface area contributed by atoms with E-state index in [1.54, 1.807) is 10.7 Å². The van der Waals surface area contributed by atoms with Crippen LogP contribution in [0.1, 0.15) is 44.0 Å². The van der Waals surface area contributed by atoms with Crippen LogP contribution in [-0.2, 0) is 5.54 Å². The minimum absolute atomic E-state index is 0.198. The van der Waals surface area contributed by atoms with Crippen molar-refractivity contribution in [2.75, 3.05) is 17.2 Å². The number of hydrogen-bond donors (Lipinski definition) is 1. The summed E-state index contributed by atoms with van der Waals surface area (Å²) >= 11 is 1.27. The molecule has 0 unspecified atom stereocenters. The third-order valence-electron chi connectivity index (χ3n) is 6.60. The van der Waals surface area contributed by atoms with E-state index >= 15 is 0 Å². The van der Waals surface area contributed by atoms with Crippen LogP contribution in [0.15, 0.2) is 30.5 Å². The van der Waals surface area contributed by atoms with Crippen LogP contribution < -0.4 is 10.6 Å². The standard InChI is InChI=1S/C22H21F2N7S/c1-11(2)19-27-21(32-29-19)17-18(25)28-31-8-6-16(26-20(17)31)30-7-5-12-10-22(12,30)14-9-13(23)3-4-15(14)24/h3-4,6,8-9,11-12H,5,7,10H2,1-2H3,(H2,25,28)/t12-,22+/m0/s1. The number of halogens is 2. The van der Waals surface area contributed by atoms with Crippen molar-refractivity contribution in [3.8, 4) is 10.6 Å². The maximum Gasteiger partial charge on any atom is 0.169 e. The first-order valence-electron chi connectivity index (χ1n) is 10.6. The summed E-state index contributed by atoms with van der Waals surface area (Å²) in [6.07, 6.45) is 3.49. The van der Waals surface area contributed by atoms with Gasteiger partial charge in [-0.25, -0.2) is 23.3 Å². The molecule has 7 nitrogen and oxygen atoms in total. The van der Waals surface area contributed by atoms with Crippen molar-refractivity contribution >= 4 is 28.8 Å². The zero-order valence-electron chi connectivity index (χ0n) is 17.6. The smallest absolute Gasteiger partial charge is 0.169 e. The van der Waals surface area contributed by atoms with Gasteiger partial charge in [-0.1, -0.05) is 13.8 Å². The van der Waals surface area contributed by atoms with Crippen molar-refractivity contribution in [2.45, 2.75) is 38.1 Å². The van der Waals surface area contributed by atoms with Crippen LogP contribution in [0.4, 0.5) is 20.4 Å². The summed E-state index contributed by atoms with van der Waals surface area (Å²) in [5.74, 6) is 1.44. The van der Waals surface area contributed by atoms with E-state index in [-0.39, 0.29) is 17.7 Å². The van der Waals surface area contributed by atoms with Gasteiger partial charge in [0.05, 0.1) is 5.54 Å². The molecule has 2 aliphatic rings. The molecule has 1 aliphatic carbocycles. The third-order valence-corrected chi connectivity index (χ3v) is 7.34. The summed E-state index contributed by atoms with van der Waals surface area (Å²) in [5.41, 5.74) is 7.29. The molecule has 1 aromatic carbocycles. The Morgan fingerprint density at radius 1 is 1.22 bits per heavy atom. The van der Waals surface area contributed by atoms with Crippen LogP contribution >= 0.6 is 11.5 Å². The predicted molar refractivity (Wildman–Crippen MR) is 118 cm³/mol.